The second-order valence-electron chi connectivity index (χ2n) is 7.97. The molecule has 1 aromatic heterocycles. The molecule has 0 saturated carbocycles. The number of aromatic nitrogens is 2. The zero-order chi connectivity index (χ0) is 22.7. The molecule has 1 aliphatic rings. The van der Waals surface area contributed by atoms with E-state index < -0.39 is 0 Å². The van der Waals surface area contributed by atoms with Gasteiger partial charge in [0.25, 0.3) is 0 Å². The molecule has 166 valence electrons. The van der Waals surface area contributed by atoms with Crippen molar-refractivity contribution in [2.24, 2.45) is 5.92 Å². The van der Waals surface area contributed by atoms with Gasteiger partial charge in [0.2, 0.25) is 11.8 Å². The Morgan fingerprint density at radius 3 is 2.28 bits per heavy atom. The van der Waals surface area contributed by atoms with Gasteiger partial charge in [-0.25, -0.2) is 4.68 Å². The molecule has 0 atom stereocenters. The summed E-state index contributed by atoms with van der Waals surface area (Å²) in [6.45, 7) is 4.75. The molecule has 1 saturated heterocycles. The van der Waals surface area contributed by atoms with Gasteiger partial charge in [-0.2, -0.15) is 5.10 Å². The number of nitrogens with one attached hydrogen (secondary N) is 2. The number of hydrogen-bond acceptors (Lipinski definition) is 4. The first-order valence-corrected chi connectivity index (χ1v) is 11.0. The number of hydrogen-bond donors (Lipinski definition) is 2. The van der Waals surface area contributed by atoms with Crippen LogP contribution in [-0.4, -0.2) is 34.7 Å². The minimum Gasteiger partial charge on any atom is -0.355 e. The minimum atomic E-state index is -0.140. The molecule has 32 heavy (non-hydrogen) atoms. The number of aryl methyl sites for hydroxylation is 1. The van der Waals surface area contributed by atoms with Gasteiger partial charge < -0.3 is 15.5 Å². The average Bonchev–Trinajstić information content (AvgIpc) is 3.11. The van der Waals surface area contributed by atoms with Gasteiger partial charge in [-0.1, -0.05) is 29.8 Å². The van der Waals surface area contributed by atoms with Crippen molar-refractivity contribution in [1.29, 1.82) is 0 Å². The van der Waals surface area contributed by atoms with E-state index in [0.717, 1.165) is 22.9 Å². The number of halogens is 1. The standard InChI is InChI=1S/C24H26ClN5O2/c1-16-22(26-17(2)31)24(30(28-16)21-6-4-3-5-7-21)29-14-12-18(13-15-29)23(32)27-20-10-8-19(25)9-11-20/h3-11,18H,12-15H2,1-2H3,(H,26,31)(H,27,32). The molecular formula is C24H26ClN5O2. The van der Waals surface area contributed by atoms with Gasteiger partial charge in [0.15, 0.2) is 5.82 Å². The fourth-order valence-corrected chi connectivity index (χ4v) is 4.14. The van der Waals surface area contributed by atoms with Gasteiger partial charge in [0.1, 0.15) is 5.69 Å². The second kappa shape index (κ2) is 9.44. The lowest BCUT2D eigenvalue weighted by Gasteiger charge is -2.33. The molecule has 2 N–H and O–H groups in total. The Morgan fingerprint density at radius 2 is 1.66 bits per heavy atom. The van der Waals surface area contributed by atoms with Gasteiger partial charge in [0.05, 0.1) is 11.4 Å². The number of carbonyl (C=O) groups excluding carboxylic acids is 2. The molecule has 2 aromatic carbocycles. The number of piperidine rings is 1. The summed E-state index contributed by atoms with van der Waals surface area (Å²) in [5, 5.41) is 11.3. The maximum Gasteiger partial charge on any atom is 0.227 e. The van der Waals surface area contributed by atoms with Crippen LogP contribution in [0, 0.1) is 12.8 Å². The van der Waals surface area contributed by atoms with Crippen LogP contribution < -0.4 is 15.5 Å². The highest BCUT2D eigenvalue weighted by Crippen LogP contribution is 2.35. The SMILES string of the molecule is CC(=O)Nc1c(C)nn(-c2ccccc2)c1N1CCC(C(=O)Nc2ccc(Cl)cc2)CC1. The Balaban J connectivity index is 1.53. The Hall–Kier alpha value is -3.32. The summed E-state index contributed by atoms with van der Waals surface area (Å²) in [7, 11) is 0. The van der Waals surface area contributed by atoms with Crippen LogP contribution in [0.3, 0.4) is 0 Å². The number of benzene rings is 2. The molecule has 7 nitrogen and oxygen atoms in total. The first kappa shape index (κ1) is 21.9. The summed E-state index contributed by atoms with van der Waals surface area (Å²) in [6, 6.07) is 17.0. The number of anilines is 3. The predicted molar refractivity (Wildman–Crippen MR) is 128 cm³/mol. The Morgan fingerprint density at radius 1 is 1.00 bits per heavy atom. The van der Waals surface area contributed by atoms with Crippen LogP contribution in [0.5, 0.6) is 0 Å². The van der Waals surface area contributed by atoms with Crippen LogP contribution in [0.15, 0.2) is 54.6 Å². The zero-order valence-electron chi connectivity index (χ0n) is 18.1. The van der Waals surface area contributed by atoms with Crippen molar-refractivity contribution in [1.82, 2.24) is 9.78 Å². The molecule has 2 amide bonds. The molecular weight excluding hydrogens is 426 g/mol. The number of carbonyl (C=O) groups is 2. The summed E-state index contributed by atoms with van der Waals surface area (Å²) >= 11 is 5.92. The van der Waals surface area contributed by atoms with Gasteiger partial charge >= 0.3 is 0 Å². The third kappa shape index (κ3) is 4.78. The van der Waals surface area contributed by atoms with Gasteiger partial charge in [-0.15, -0.1) is 0 Å². The number of para-hydroxylation sites is 1. The third-order valence-electron chi connectivity index (χ3n) is 5.61. The van der Waals surface area contributed by atoms with E-state index in [1.807, 2.05) is 41.9 Å². The monoisotopic (exact) mass is 451 g/mol. The molecule has 0 bridgehead atoms. The van der Waals surface area contributed by atoms with Crippen LogP contribution in [0.25, 0.3) is 5.69 Å². The Kier molecular flexibility index (Phi) is 6.46. The molecule has 0 radical (unpaired) electrons. The van der Waals surface area contributed by atoms with E-state index in [4.69, 9.17) is 16.7 Å². The van der Waals surface area contributed by atoms with Gasteiger partial charge in [0, 0.05) is 36.6 Å². The highest BCUT2D eigenvalue weighted by molar-refractivity contribution is 6.30. The van der Waals surface area contributed by atoms with Crippen molar-refractivity contribution in [2.45, 2.75) is 26.7 Å². The lowest BCUT2D eigenvalue weighted by atomic mass is 9.95. The van der Waals surface area contributed by atoms with Crippen molar-refractivity contribution < 1.29 is 9.59 Å². The number of amides is 2. The van der Waals surface area contributed by atoms with Crippen LogP contribution in [0.2, 0.25) is 5.02 Å². The first-order chi connectivity index (χ1) is 15.4. The normalized spacial score (nSPS) is 14.3. The molecule has 2 heterocycles. The molecule has 3 aromatic rings. The molecule has 1 fully saturated rings. The van der Waals surface area contributed by atoms with E-state index in [-0.39, 0.29) is 17.7 Å². The quantitative estimate of drug-likeness (QED) is 0.591. The second-order valence-corrected chi connectivity index (χ2v) is 8.41. The molecule has 0 spiro atoms. The van der Waals surface area contributed by atoms with Crippen LogP contribution in [0.4, 0.5) is 17.2 Å². The van der Waals surface area contributed by atoms with Crippen molar-refractivity contribution in [3.05, 3.63) is 65.3 Å². The van der Waals surface area contributed by atoms with Crippen molar-refractivity contribution in [2.75, 3.05) is 28.6 Å². The largest absolute Gasteiger partial charge is 0.355 e. The maximum absolute atomic E-state index is 12.8. The van der Waals surface area contributed by atoms with Crippen LogP contribution >= 0.6 is 11.6 Å². The van der Waals surface area contributed by atoms with E-state index in [2.05, 4.69) is 15.5 Å². The van der Waals surface area contributed by atoms with E-state index in [0.29, 0.717) is 36.6 Å². The smallest absolute Gasteiger partial charge is 0.227 e. The van der Waals surface area contributed by atoms with Crippen molar-refractivity contribution >= 4 is 40.6 Å². The molecule has 0 unspecified atom stereocenters. The summed E-state index contributed by atoms with van der Waals surface area (Å²) in [4.78, 5) is 26.8. The molecule has 0 aliphatic carbocycles. The molecule has 4 rings (SSSR count). The summed E-state index contributed by atoms with van der Waals surface area (Å²) in [6.07, 6.45) is 1.41. The fourth-order valence-electron chi connectivity index (χ4n) is 4.01. The fraction of sp³-hybridized carbons (Fsp3) is 0.292. The van der Waals surface area contributed by atoms with Crippen LogP contribution in [-0.2, 0) is 9.59 Å². The third-order valence-corrected chi connectivity index (χ3v) is 5.87. The maximum atomic E-state index is 12.8. The zero-order valence-corrected chi connectivity index (χ0v) is 18.9. The minimum absolute atomic E-state index is 0.0156. The predicted octanol–water partition coefficient (Wildman–Crippen LogP) is 4.65. The summed E-state index contributed by atoms with van der Waals surface area (Å²) in [5.74, 6) is 0.641. The highest BCUT2D eigenvalue weighted by Gasteiger charge is 2.30. The van der Waals surface area contributed by atoms with Crippen molar-refractivity contribution in [3.63, 3.8) is 0 Å². The number of nitrogens with zero attached hydrogens (tertiary/aromatic N) is 3. The first-order valence-electron chi connectivity index (χ1n) is 10.7. The highest BCUT2D eigenvalue weighted by atomic mass is 35.5. The topological polar surface area (TPSA) is 79.3 Å². The van der Waals surface area contributed by atoms with Crippen LogP contribution in [0.1, 0.15) is 25.5 Å². The summed E-state index contributed by atoms with van der Waals surface area (Å²) in [5.41, 5.74) is 3.13. The van der Waals surface area contributed by atoms with Crippen molar-refractivity contribution in [3.8, 4) is 5.69 Å². The van der Waals surface area contributed by atoms with E-state index in [1.165, 1.54) is 6.92 Å². The Labute approximate surface area is 192 Å². The van der Waals surface area contributed by atoms with E-state index in [1.54, 1.807) is 24.3 Å². The average molecular weight is 452 g/mol. The van der Waals surface area contributed by atoms with E-state index in [9.17, 15) is 9.59 Å². The lowest BCUT2D eigenvalue weighted by Crippen LogP contribution is -2.39. The summed E-state index contributed by atoms with van der Waals surface area (Å²) < 4.78 is 1.87. The number of rotatable bonds is 5. The Bertz CT molecular complexity index is 1100. The lowest BCUT2D eigenvalue weighted by molar-refractivity contribution is -0.120. The molecule has 1 aliphatic heterocycles. The van der Waals surface area contributed by atoms with Gasteiger partial charge in [-0.3, -0.25) is 9.59 Å². The molecule has 8 heteroatoms. The van der Waals surface area contributed by atoms with Gasteiger partial charge in [-0.05, 0) is 56.2 Å². The van der Waals surface area contributed by atoms with E-state index >= 15 is 0 Å².